The van der Waals surface area contributed by atoms with E-state index in [2.05, 4.69) is 126 Å². The van der Waals surface area contributed by atoms with Crippen LogP contribution in [0.3, 0.4) is 0 Å². The molecule has 1 nitrogen and oxygen atoms in total. The van der Waals surface area contributed by atoms with Crippen LogP contribution in [0.2, 0.25) is 0 Å². The number of hydrogen-bond acceptors (Lipinski definition) is 1. The molecule has 2 heteroatoms. The van der Waals surface area contributed by atoms with E-state index in [1.807, 2.05) is 11.3 Å². The van der Waals surface area contributed by atoms with Crippen LogP contribution in [0.25, 0.3) is 75.0 Å². The molecule has 0 unspecified atom stereocenters. The zero-order valence-electron chi connectivity index (χ0n) is 19.5. The summed E-state index contributed by atoms with van der Waals surface area (Å²) in [6, 6.07) is 44.1. The first kappa shape index (κ1) is 19.9. The molecule has 8 aromatic rings. The van der Waals surface area contributed by atoms with Crippen LogP contribution in [-0.4, -0.2) is 4.98 Å². The van der Waals surface area contributed by atoms with Gasteiger partial charge < -0.3 is 4.98 Å². The van der Waals surface area contributed by atoms with Gasteiger partial charge >= 0.3 is 0 Å². The van der Waals surface area contributed by atoms with Crippen molar-refractivity contribution >= 4 is 64.1 Å². The lowest BCUT2D eigenvalue weighted by atomic mass is 9.96. The summed E-state index contributed by atoms with van der Waals surface area (Å²) in [5.41, 5.74) is 7.42. The van der Waals surface area contributed by atoms with Crippen molar-refractivity contribution in [3.05, 3.63) is 121 Å². The Balaban J connectivity index is 1.35. The standard InChI is InChI=1S/C34H21NS/c1-2-11-24-21(8-1)18-19-29-28-15-6-13-25(33(28)35-32(24)29)22-9-5-10-23(20-22)26-14-7-16-30-27-12-3-4-17-31(27)36-34(26)30/h1-20,35H. The summed E-state index contributed by atoms with van der Waals surface area (Å²) in [7, 11) is 0. The molecule has 6 aromatic carbocycles. The average Bonchev–Trinajstić information content (AvgIpc) is 3.52. The van der Waals surface area contributed by atoms with Gasteiger partial charge in [0, 0.05) is 41.9 Å². The van der Waals surface area contributed by atoms with E-state index in [1.165, 1.54) is 75.0 Å². The number of aromatic amines is 1. The van der Waals surface area contributed by atoms with Gasteiger partial charge in [0.15, 0.2) is 0 Å². The van der Waals surface area contributed by atoms with E-state index in [1.54, 1.807) is 0 Å². The number of para-hydroxylation sites is 1. The fraction of sp³-hybridized carbons (Fsp3) is 0. The number of H-pyrrole nitrogens is 1. The zero-order valence-corrected chi connectivity index (χ0v) is 20.3. The van der Waals surface area contributed by atoms with E-state index >= 15 is 0 Å². The van der Waals surface area contributed by atoms with Gasteiger partial charge in [0.1, 0.15) is 0 Å². The maximum Gasteiger partial charge on any atom is 0.0544 e. The van der Waals surface area contributed by atoms with Gasteiger partial charge in [-0.1, -0.05) is 109 Å². The van der Waals surface area contributed by atoms with Gasteiger partial charge in [-0.3, -0.25) is 0 Å². The number of thiophene rings is 1. The summed E-state index contributed by atoms with van der Waals surface area (Å²) in [5.74, 6) is 0. The number of rotatable bonds is 2. The Morgan fingerprint density at radius 3 is 2.03 bits per heavy atom. The maximum absolute atomic E-state index is 3.80. The smallest absolute Gasteiger partial charge is 0.0544 e. The summed E-state index contributed by atoms with van der Waals surface area (Å²) in [6.07, 6.45) is 0. The third-order valence-electron chi connectivity index (χ3n) is 7.42. The molecule has 0 aliphatic rings. The second kappa shape index (κ2) is 7.55. The molecule has 2 heterocycles. The molecule has 0 spiro atoms. The van der Waals surface area contributed by atoms with Gasteiger partial charge in [-0.2, -0.15) is 0 Å². The van der Waals surface area contributed by atoms with Crippen LogP contribution in [0.1, 0.15) is 0 Å². The molecule has 0 bridgehead atoms. The second-order valence-corrected chi connectivity index (χ2v) is 10.5. The minimum Gasteiger partial charge on any atom is -0.353 e. The molecule has 0 radical (unpaired) electrons. The van der Waals surface area contributed by atoms with Crippen molar-refractivity contribution in [1.29, 1.82) is 0 Å². The Labute approximate surface area is 212 Å². The predicted molar refractivity (Wildman–Crippen MR) is 157 cm³/mol. The van der Waals surface area contributed by atoms with Gasteiger partial charge in [0.05, 0.1) is 11.0 Å². The minimum absolute atomic E-state index is 1.20. The largest absolute Gasteiger partial charge is 0.353 e. The number of benzene rings is 6. The molecule has 1 N–H and O–H groups in total. The third kappa shape index (κ3) is 2.82. The van der Waals surface area contributed by atoms with Crippen molar-refractivity contribution in [2.24, 2.45) is 0 Å². The molecule has 0 aliphatic carbocycles. The Hall–Kier alpha value is -4.40. The topological polar surface area (TPSA) is 15.8 Å². The van der Waals surface area contributed by atoms with Crippen LogP contribution in [0, 0.1) is 0 Å². The van der Waals surface area contributed by atoms with Gasteiger partial charge in [-0.25, -0.2) is 0 Å². The van der Waals surface area contributed by atoms with Crippen LogP contribution in [0.15, 0.2) is 121 Å². The first-order valence-corrected chi connectivity index (χ1v) is 13.1. The van der Waals surface area contributed by atoms with Crippen LogP contribution >= 0.6 is 11.3 Å². The Kier molecular flexibility index (Phi) is 4.16. The van der Waals surface area contributed by atoms with Crippen molar-refractivity contribution in [2.75, 3.05) is 0 Å². The van der Waals surface area contributed by atoms with Crippen LogP contribution < -0.4 is 0 Å². The van der Waals surface area contributed by atoms with Crippen molar-refractivity contribution in [3.8, 4) is 22.3 Å². The highest BCUT2D eigenvalue weighted by atomic mass is 32.1. The summed E-state index contributed by atoms with van der Waals surface area (Å²) in [6.45, 7) is 0. The molecule has 0 aliphatic heterocycles. The van der Waals surface area contributed by atoms with Gasteiger partial charge in [0.2, 0.25) is 0 Å². The summed E-state index contributed by atoms with van der Waals surface area (Å²) < 4.78 is 2.69. The Morgan fingerprint density at radius 1 is 0.444 bits per heavy atom. The van der Waals surface area contributed by atoms with Crippen molar-refractivity contribution in [3.63, 3.8) is 0 Å². The van der Waals surface area contributed by atoms with E-state index in [0.29, 0.717) is 0 Å². The molecule has 0 amide bonds. The maximum atomic E-state index is 3.80. The van der Waals surface area contributed by atoms with Crippen LogP contribution in [0.4, 0.5) is 0 Å². The summed E-state index contributed by atoms with van der Waals surface area (Å²) >= 11 is 1.89. The van der Waals surface area contributed by atoms with E-state index in [4.69, 9.17) is 0 Å². The SMILES string of the molecule is c1cc(-c2cccc3c2[nH]c2c4ccccc4ccc32)cc(-c2cccc3c2sc2ccccc23)c1. The number of aromatic nitrogens is 1. The van der Waals surface area contributed by atoms with Crippen molar-refractivity contribution in [1.82, 2.24) is 4.98 Å². The molecule has 0 saturated heterocycles. The highest BCUT2D eigenvalue weighted by molar-refractivity contribution is 7.26. The molecule has 0 fully saturated rings. The molecule has 168 valence electrons. The minimum atomic E-state index is 1.20. The lowest BCUT2D eigenvalue weighted by molar-refractivity contribution is 1.55. The molecular formula is C34H21NS. The number of hydrogen-bond donors (Lipinski definition) is 1. The first-order chi connectivity index (χ1) is 17.8. The first-order valence-electron chi connectivity index (χ1n) is 12.3. The zero-order chi connectivity index (χ0) is 23.6. The lowest BCUT2D eigenvalue weighted by Gasteiger charge is -2.08. The third-order valence-corrected chi connectivity index (χ3v) is 8.64. The van der Waals surface area contributed by atoms with E-state index < -0.39 is 0 Å². The fourth-order valence-corrected chi connectivity index (χ4v) is 6.97. The highest BCUT2D eigenvalue weighted by Crippen LogP contribution is 2.41. The summed E-state index contributed by atoms with van der Waals surface area (Å²) in [4.78, 5) is 3.80. The molecule has 8 rings (SSSR count). The van der Waals surface area contributed by atoms with Gasteiger partial charge in [0.25, 0.3) is 0 Å². The highest BCUT2D eigenvalue weighted by Gasteiger charge is 2.14. The van der Waals surface area contributed by atoms with E-state index in [-0.39, 0.29) is 0 Å². The molecule has 0 atom stereocenters. The molecule has 0 saturated carbocycles. The lowest BCUT2D eigenvalue weighted by Crippen LogP contribution is -1.83. The molecule has 2 aromatic heterocycles. The Bertz CT molecular complexity index is 2110. The quantitative estimate of drug-likeness (QED) is 0.256. The number of fused-ring (bicyclic) bond motifs is 8. The monoisotopic (exact) mass is 475 g/mol. The van der Waals surface area contributed by atoms with E-state index in [9.17, 15) is 0 Å². The fourth-order valence-electron chi connectivity index (χ4n) is 5.74. The summed E-state index contributed by atoms with van der Waals surface area (Å²) in [5, 5.41) is 7.74. The van der Waals surface area contributed by atoms with Crippen molar-refractivity contribution in [2.45, 2.75) is 0 Å². The molecule has 36 heavy (non-hydrogen) atoms. The molecular weight excluding hydrogens is 454 g/mol. The van der Waals surface area contributed by atoms with Gasteiger partial charge in [-0.15, -0.1) is 11.3 Å². The van der Waals surface area contributed by atoms with Gasteiger partial charge in [-0.05, 0) is 34.2 Å². The average molecular weight is 476 g/mol. The number of nitrogens with one attached hydrogen (secondary N) is 1. The van der Waals surface area contributed by atoms with Crippen molar-refractivity contribution < 1.29 is 0 Å². The Morgan fingerprint density at radius 2 is 1.11 bits per heavy atom. The normalized spacial score (nSPS) is 11.9. The predicted octanol–water partition coefficient (Wildman–Crippen LogP) is 10.2. The second-order valence-electron chi connectivity index (χ2n) is 9.42. The van der Waals surface area contributed by atoms with E-state index in [0.717, 1.165) is 0 Å². The van der Waals surface area contributed by atoms with Crippen LogP contribution in [-0.2, 0) is 0 Å². The van der Waals surface area contributed by atoms with Crippen LogP contribution in [0.5, 0.6) is 0 Å².